The van der Waals surface area contributed by atoms with Gasteiger partial charge in [0.25, 0.3) is 0 Å². The van der Waals surface area contributed by atoms with Gasteiger partial charge in [-0.25, -0.2) is 9.97 Å². The molecule has 0 aromatic carbocycles. The summed E-state index contributed by atoms with van der Waals surface area (Å²) in [5, 5.41) is 9.32. The predicted molar refractivity (Wildman–Crippen MR) is 104 cm³/mol. The number of hydrogen-bond acceptors (Lipinski definition) is 6. The molecule has 2 aromatic rings. The van der Waals surface area contributed by atoms with Gasteiger partial charge in [0.1, 0.15) is 11.6 Å². The fraction of sp³-hybridized carbons (Fsp3) is 0.579. The molecule has 2 aliphatic rings. The van der Waals surface area contributed by atoms with Gasteiger partial charge in [0.15, 0.2) is 0 Å². The largest absolute Gasteiger partial charge is 0.368 e. The van der Waals surface area contributed by atoms with Crippen LogP contribution in [0.15, 0.2) is 17.5 Å². The van der Waals surface area contributed by atoms with E-state index in [1.54, 1.807) is 0 Å². The van der Waals surface area contributed by atoms with E-state index in [9.17, 15) is 0 Å². The quantitative estimate of drug-likeness (QED) is 0.833. The van der Waals surface area contributed by atoms with Crippen molar-refractivity contribution in [2.75, 3.05) is 39.0 Å². The predicted octanol–water partition coefficient (Wildman–Crippen LogP) is 2.82. The molecule has 1 atom stereocenters. The summed E-state index contributed by atoms with van der Waals surface area (Å²) in [5.41, 5.74) is 2.57. The summed E-state index contributed by atoms with van der Waals surface area (Å²) in [4.78, 5) is 13.5. The van der Waals surface area contributed by atoms with Crippen LogP contribution in [0.2, 0.25) is 0 Å². The summed E-state index contributed by atoms with van der Waals surface area (Å²) in [7, 11) is 4.29. The van der Waals surface area contributed by atoms with Crippen LogP contribution in [-0.2, 0) is 12.8 Å². The van der Waals surface area contributed by atoms with Gasteiger partial charge < -0.3 is 15.5 Å². The monoisotopic (exact) mass is 357 g/mol. The number of nitrogens with one attached hydrogen (secondary N) is 2. The summed E-state index contributed by atoms with van der Waals surface area (Å²) < 4.78 is 0. The lowest BCUT2D eigenvalue weighted by Gasteiger charge is -2.25. The first kappa shape index (κ1) is 16.9. The van der Waals surface area contributed by atoms with Crippen LogP contribution in [0.1, 0.15) is 46.8 Å². The van der Waals surface area contributed by atoms with Crippen LogP contribution in [0.3, 0.4) is 0 Å². The highest BCUT2D eigenvalue weighted by atomic mass is 32.1. The maximum absolute atomic E-state index is 4.94. The van der Waals surface area contributed by atoms with E-state index in [2.05, 4.69) is 47.1 Å². The van der Waals surface area contributed by atoms with Crippen LogP contribution < -0.4 is 10.6 Å². The molecule has 3 heterocycles. The van der Waals surface area contributed by atoms with Crippen LogP contribution in [0.4, 0.5) is 5.82 Å². The third-order valence-corrected chi connectivity index (χ3v) is 6.07. The van der Waals surface area contributed by atoms with Crippen molar-refractivity contribution in [2.24, 2.45) is 0 Å². The molecule has 2 N–H and O–H groups in total. The van der Waals surface area contributed by atoms with E-state index in [1.807, 2.05) is 11.3 Å². The molecule has 5 nitrogen and oxygen atoms in total. The molecule has 0 unspecified atom stereocenters. The van der Waals surface area contributed by atoms with Gasteiger partial charge in [0, 0.05) is 35.9 Å². The summed E-state index contributed by atoms with van der Waals surface area (Å²) in [6.45, 7) is 2.90. The highest BCUT2D eigenvalue weighted by molar-refractivity contribution is 7.10. The minimum absolute atomic E-state index is 0.360. The van der Waals surface area contributed by atoms with Crippen molar-refractivity contribution >= 4 is 17.2 Å². The van der Waals surface area contributed by atoms with Crippen molar-refractivity contribution in [2.45, 2.75) is 37.6 Å². The standard InChI is InChI=1S/C19H27N5S/c1-24(2)16(17-4-3-11-25-17)12-21-19-14-7-9-20-10-8-15(14)22-18(23-19)13-5-6-13/h3-4,11,13,16,20H,5-10,12H2,1-2H3,(H,21,22,23)/t16-/m1/s1. The van der Waals surface area contributed by atoms with E-state index in [0.29, 0.717) is 12.0 Å². The Morgan fingerprint density at radius 1 is 1.28 bits per heavy atom. The second kappa shape index (κ2) is 7.40. The first-order chi connectivity index (χ1) is 12.2. The molecule has 1 fully saturated rings. The fourth-order valence-corrected chi connectivity index (χ4v) is 4.37. The second-order valence-electron chi connectivity index (χ2n) is 7.26. The number of anilines is 1. The first-order valence-electron chi connectivity index (χ1n) is 9.26. The highest BCUT2D eigenvalue weighted by Gasteiger charge is 2.29. The van der Waals surface area contributed by atoms with E-state index >= 15 is 0 Å². The number of rotatable bonds is 6. The Hall–Kier alpha value is -1.50. The van der Waals surface area contributed by atoms with E-state index in [-0.39, 0.29) is 0 Å². The smallest absolute Gasteiger partial charge is 0.134 e. The zero-order valence-corrected chi connectivity index (χ0v) is 15.9. The van der Waals surface area contributed by atoms with Crippen molar-refractivity contribution in [1.29, 1.82) is 0 Å². The Bertz CT molecular complexity index is 709. The molecule has 0 bridgehead atoms. The number of fused-ring (bicyclic) bond motifs is 1. The SMILES string of the molecule is CN(C)[C@H](CNc1nc(C2CC2)nc2c1CCNCC2)c1cccs1. The fourth-order valence-electron chi connectivity index (χ4n) is 3.45. The van der Waals surface area contributed by atoms with Crippen LogP contribution in [0.25, 0.3) is 0 Å². The zero-order chi connectivity index (χ0) is 17.2. The number of thiophene rings is 1. The van der Waals surface area contributed by atoms with Gasteiger partial charge in [-0.2, -0.15) is 0 Å². The van der Waals surface area contributed by atoms with Gasteiger partial charge in [-0.1, -0.05) is 6.07 Å². The van der Waals surface area contributed by atoms with Gasteiger partial charge in [-0.3, -0.25) is 0 Å². The molecule has 1 aliphatic heterocycles. The van der Waals surface area contributed by atoms with Crippen molar-refractivity contribution < 1.29 is 0 Å². The minimum atomic E-state index is 0.360. The Balaban J connectivity index is 1.59. The molecule has 0 radical (unpaired) electrons. The molecular weight excluding hydrogens is 330 g/mol. The van der Waals surface area contributed by atoms with Gasteiger partial charge in [0.05, 0.1) is 11.7 Å². The van der Waals surface area contributed by atoms with Gasteiger partial charge in [-0.15, -0.1) is 11.3 Å². The third-order valence-electron chi connectivity index (χ3n) is 5.10. The van der Waals surface area contributed by atoms with Gasteiger partial charge in [-0.05, 0) is 51.3 Å². The van der Waals surface area contributed by atoms with E-state index in [4.69, 9.17) is 9.97 Å². The van der Waals surface area contributed by atoms with E-state index < -0.39 is 0 Å². The first-order valence-corrected chi connectivity index (χ1v) is 10.1. The van der Waals surface area contributed by atoms with Crippen molar-refractivity contribution in [1.82, 2.24) is 20.2 Å². The molecule has 1 aliphatic carbocycles. The summed E-state index contributed by atoms with van der Waals surface area (Å²) >= 11 is 1.82. The lowest BCUT2D eigenvalue weighted by atomic mass is 10.1. The molecule has 0 spiro atoms. The number of aromatic nitrogens is 2. The Kier molecular flexibility index (Phi) is 5.01. The van der Waals surface area contributed by atoms with E-state index in [0.717, 1.165) is 44.1 Å². The van der Waals surface area contributed by atoms with Gasteiger partial charge >= 0.3 is 0 Å². The molecule has 134 valence electrons. The zero-order valence-electron chi connectivity index (χ0n) is 15.1. The molecule has 0 amide bonds. The average Bonchev–Trinajstić information content (AvgIpc) is 3.36. The lowest BCUT2D eigenvalue weighted by Crippen LogP contribution is -2.27. The molecular formula is C19H27N5S. The molecule has 0 saturated heterocycles. The minimum Gasteiger partial charge on any atom is -0.368 e. The van der Waals surface area contributed by atoms with Crippen LogP contribution in [0.5, 0.6) is 0 Å². The Morgan fingerprint density at radius 3 is 2.84 bits per heavy atom. The molecule has 1 saturated carbocycles. The Labute approximate surface area is 153 Å². The van der Waals surface area contributed by atoms with Crippen molar-refractivity contribution in [3.63, 3.8) is 0 Å². The number of nitrogens with zero attached hydrogens (tertiary/aromatic N) is 3. The maximum atomic E-state index is 4.94. The number of likely N-dealkylation sites (N-methyl/N-ethyl adjacent to an activating group) is 1. The van der Waals surface area contributed by atoms with Gasteiger partial charge in [0.2, 0.25) is 0 Å². The van der Waals surface area contributed by atoms with Crippen LogP contribution in [0, 0.1) is 0 Å². The van der Waals surface area contributed by atoms with Crippen LogP contribution in [-0.4, -0.2) is 48.6 Å². The summed E-state index contributed by atoms with van der Waals surface area (Å²) in [5.74, 6) is 2.71. The maximum Gasteiger partial charge on any atom is 0.134 e. The van der Waals surface area contributed by atoms with Crippen molar-refractivity contribution in [3.05, 3.63) is 39.5 Å². The lowest BCUT2D eigenvalue weighted by molar-refractivity contribution is 0.316. The summed E-state index contributed by atoms with van der Waals surface area (Å²) in [6, 6.07) is 4.71. The molecule has 25 heavy (non-hydrogen) atoms. The second-order valence-corrected chi connectivity index (χ2v) is 8.23. The molecule has 6 heteroatoms. The van der Waals surface area contributed by atoms with Crippen LogP contribution >= 0.6 is 11.3 Å². The van der Waals surface area contributed by atoms with E-state index in [1.165, 1.54) is 29.0 Å². The molecule has 4 rings (SSSR count). The average molecular weight is 358 g/mol. The molecule has 2 aromatic heterocycles. The normalized spacial score (nSPS) is 18.7. The summed E-state index contributed by atoms with van der Waals surface area (Å²) in [6.07, 6.45) is 4.50. The Morgan fingerprint density at radius 2 is 2.12 bits per heavy atom. The highest BCUT2D eigenvalue weighted by Crippen LogP contribution is 2.39. The van der Waals surface area contributed by atoms with Crippen molar-refractivity contribution in [3.8, 4) is 0 Å². The topological polar surface area (TPSA) is 53.1 Å². The third kappa shape index (κ3) is 3.86. The number of hydrogen-bond donors (Lipinski definition) is 2.